The summed E-state index contributed by atoms with van der Waals surface area (Å²) < 4.78 is 7.08. The average Bonchev–Trinajstić information content (AvgIpc) is 3.48. The molecule has 1 saturated carbocycles. The third kappa shape index (κ3) is 3.80. The highest BCUT2D eigenvalue weighted by molar-refractivity contribution is 6.35. The minimum Gasteiger partial charge on any atom is -0.383 e. The maximum atomic E-state index is 13.4. The molecule has 0 amide bonds. The molecule has 4 aromatic rings. The van der Waals surface area contributed by atoms with Gasteiger partial charge in [-0.3, -0.25) is 9.36 Å². The smallest absolute Gasteiger partial charge is 0.263 e. The molecule has 1 fully saturated rings. The number of rotatable bonds is 6. The summed E-state index contributed by atoms with van der Waals surface area (Å²) >= 11 is 6.33. The molecule has 0 radical (unpaired) electrons. The molecule has 10 nitrogen and oxygen atoms in total. The molecule has 1 aromatic carbocycles. The predicted molar refractivity (Wildman–Crippen MR) is 125 cm³/mol. The minimum atomic E-state index is -0.383. The Morgan fingerprint density at radius 3 is 2.70 bits per heavy atom. The van der Waals surface area contributed by atoms with Gasteiger partial charge in [-0.2, -0.15) is 4.98 Å². The van der Waals surface area contributed by atoms with E-state index in [4.69, 9.17) is 26.8 Å². The Bertz CT molecular complexity index is 1410. The molecule has 0 bridgehead atoms. The maximum absolute atomic E-state index is 13.4. The summed E-state index contributed by atoms with van der Waals surface area (Å²) in [5.74, 6) is 2.08. The van der Waals surface area contributed by atoms with Crippen molar-refractivity contribution < 1.29 is 4.52 Å². The van der Waals surface area contributed by atoms with Crippen molar-refractivity contribution in [1.82, 2.24) is 29.7 Å². The predicted octanol–water partition coefficient (Wildman–Crippen LogP) is 4.10. The molecule has 0 spiro atoms. The molecule has 0 saturated heterocycles. The molecule has 3 heterocycles. The lowest BCUT2D eigenvalue weighted by Gasteiger charge is -2.21. The summed E-state index contributed by atoms with van der Waals surface area (Å²) in [7, 11) is 0. The van der Waals surface area contributed by atoms with Gasteiger partial charge >= 0.3 is 0 Å². The van der Waals surface area contributed by atoms with Crippen LogP contribution >= 0.6 is 11.6 Å². The standard InChI is InChI=1S/C22H23ClN8O2/c1-10(2)21-29-19(30-33-21)16-17(24)25-9-26-18(16)27-11(3)20-28-14-6-4-5-13(23)15(14)22(32)31(20)12-7-8-12/h4-6,9-12H,7-8H2,1-3H3,(H3,24,25,26,27)/t11-/m0/s1. The summed E-state index contributed by atoms with van der Waals surface area (Å²) in [5.41, 5.74) is 7.00. The van der Waals surface area contributed by atoms with Crippen LogP contribution in [-0.4, -0.2) is 29.7 Å². The number of hydrogen-bond acceptors (Lipinski definition) is 9. The van der Waals surface area contributed by atoms with Gasteiger partial charge in [0.2, 0.25) is 11.7 Å². The normalized spacial score (nSPS) is 14.7. The van der Waals surface area contributed by atoms with Crippen LogP contribution in [0, 0.1) is 0 Å². The Morgan fingerprint density at radius 2 is 2.00 bits per heavy atom. The Morgan fingerprint density at radius 1 is 1.21 bits per heavy atom. The first kappa shape index (κ1) is 21.3. The van der Waals surface area contributed by atoms with E-state index in [1.807, 2.05) is 20.8 Å². The molecule has 170 valence electrons. The number of fused-ring (bicyclic) bond motifs is 1. The van der Waals surface area contributed by atoms with E-state index < -0.39 is 0 Å². The Balaban J connectivity index is 1.59. The van der Waals surface area contributed by atoms with Crippen LogP contribution in [0.2, 0.25) is 5.02 Å². The third-order valence-corrected chi connectivity index (χ3v) is 5.91. The quantitative estimate of drug-likeness (QED) is 0.429. The van der Waals surface area contributed by atoms with Gasteiger partial charge in [-0.05, 0) is 31.9 Å². The van der Waals surface area contributed by atoms with Crippen molar-refractivity contribution in [3.8, 4) is 11.4 Å². The number of halogens is 1. The van der Waals surface area contributed by atoms with Crippen LogP contribution in [0.1, 0.15) is 63.3 Å². The second-order valence-corrected chi connectivity index (χ2v) is 8.88. The fourth-order valence-electron chi connectivity index (χ4n) is 3.78. The van der Waals surface area contributed by atoms with Crippen LogP contribution in [0.3, 0.4) is 0 Å². The zero-order valence-electron chi connectivity index (χ0n) is 18.4. The van der Waals surface area contributed by atoms with Crippen molar-refractivity contribution >= 4 is 34.1 Å². The number of benzene rings is 1. The van der Waals surface area contributed by atoms with Gasteiger partial charge in [0.05, 0.1) is 22.0 Å². The lowest BCUT2D eigenvalue weighted by molar-refractivity contribution is 0.365. The minimum absolute atomic E-state index is 0.0639. The first-order chi connectivity index (χ1) is 15.8. The molecular formula is C22H23ClN8O2. The summed E-state index contributed by atoms with van der Waals surface area (Å²) in [5, 5.41) is 8.22. The van der Waals surface area contributed by atoms with Crippen LogP contribution in [-0.2, 0) is 0 Å². The van der Waals surface area contributed by atoms with Gasteiger partial charge in [0, 0.05) is 12.0 Å². The van der Waals surface area contributed by atoms with Crippen LogP contribution in [0.15, 0.2) is 33.8 Å². The van der Waals surface area contributed by atoms with E-state index in [-0.39, 0.29) is 29.4 Å². The largest absolute Gasteiger partial charge is 0.383 e. The molecule has 3 aromatic heterocycles. The highest BCUT2D eigenvalue weighted by atomic mass is 35.5. The zero-order chi connectivity index (χ0) is 23.3. The second kappa shape index (κ2) is 8.11. The average molecular weight is 467 g/mol. The Labute approximate surface area is 194 Å². The highest BCUT2D eigenvalue weighted by Gasteiger charge is 2.31. The van der Waals surface area contributed by atoms with Gasteiger partial charge in [0.15, 0.2) is 0 Å². The van der Waals surface area contributed by atoms with Crippen molar-refractivity contribution in [2.24, 2.45) is 0 Å². The lowest BCUT2D eigenvalue weighted by Crippen LogP contribution is -2.28. The summed E-state index contributed by atoms with van der Waals surface area (Å²) in [6.45, 7) is 5.82. The maximum Gasteiger partial charge on any atom is 0.263 e. The van der Waals surface area contributed by atoms with Crippen molar-refractivity contribution in [1.29, 1.82) is 0 Å². The number of nitrogens with two attached hydrogens (primary N) is 1. The van der Waals surface area contributed by atoms with E-state index in [0.717, 1.165) is 12.8 Å². The molecular weight excluding hydrogens is 444 g/mol. The number of nitrogens with zero attached hydrogens (tertiary/aromatic N) is 6. The number of aromatic nitrogens is 6. The topological polar surface area (TPSA) is 138 Å². The van der Waals surface area contributed by atoms with Crippen molar-refractivity contribution in [3.63, 3.8) is 0 Å². The van der Waals surface area contributed by atoms with Crippen LogP contribution in [0.25, 0.3) is 22.3 Å². The molecule has 3 N–H and O–H groups in total. The van der Waals surface area contributed by atoms with Crippen LogP contribution < -0.4 is 16.6 Å². The first-order valence-corrected chi connectivity index (χ1v) is 11.1. The molecule has 1 aliphatic rings. The van der Waals surface area contributed by atoms with Crippen LogP contribution in [0.4, 0.5) is 11.6 Å². The molecule has 33 heavy (non-hydrogen) atoms. The zero-order valence-corrected chi connectivity index (χ0v) is 19.2. The van der Waals surface area contributed by atoms with Gasteiger partial charge < -0.3 is 15.6 Å². The first-order valence-electron chi connectivity index (χ1n) is 10.8. The van der Waals surface area contributed by atoms with Gasteiger partial charge in [-0.25, -0.2) is 15.0 Å². The van der Waals surface area contributed by atoms with Crippen molar-refractivity contribution in [2.45, 2.75) is 51.6 Å². The highest BCUT2D eigenvalue weighted by Crippen LogP contribution is 2.37. The third-order valence-electron chi connectivity index (χ3n) is 5.59. The number of nitrogen functional groups attached to an aromatic ring is 1. The van der Waals surface area contributed by atoms with Crippen LogP contribution in [0.5, 0.6) is 0 Å². The van der Waals surface area contributed by atoms with Gasteiger partial charge in [0.25, 0.3) is 5.56 Å². The number of anilines is 2. The van der Waals surface area contributed by atoms with Gasteiger partial charge in [0.1, 0.15) is 29.4 Å². The second-order valence-electron chi connectivity index (χ2n) is 8.47. The van der Waals surface area contributed by atoms with E-state index in [9.17, 15) is 4.79 Å². The van der Waals surface area contributed by atoms with E-state index in [2.05, 4.69) is 25.4 Å². The molecule has 11 heteroatoms. The molecule has 0 aliphatic heterocycles. The fraction of sp³-hybridized carbons (Fsp3) is 0.364. The SMILES string of the molecule is CC(C)c1nc(-c2c(N)ncnc2N[C@@H](C)c2nc3cccc(Cl)c3c(=O)n2C2CC2)no1. The van der Waals surface area contributed by atoms with E-state index >= 15 is 0 Å². The monoisotopic (exact) mass is 466 g/mol. The van der Waals surface area contributed by atoms with Crippen molar-refractivity contribution in [3.05, 3.63) is 51.6 Å². The molecule has 1 aliphatic carbocycles. The Hall–Kier alpha value is -3.53. The molecule has 0 unspecified atom stereocenters. The van der Waals surface area contributed by atoms with Gasteiger partial charge in [-0.15, -0.1) is 0 Å². The van der Waals surface area contributed by atoms with Crippen molar-refractivity contribution in [2.75, 3.05) is 11.1 Å². The summed E-state index contributed by atoms with van der Waals surface area (Å²) in [4.78, 5) is 31.0. The summed E-state index contributed by atoms with van der Waals surface area (Å²) in [6.07, 6.45) is 3.20. The fourth-order valence-corrected chi connectivity index (χ4v) is 4.03. The number of hydrogen-bond donors (Lipinski definition) is 2. The number of nitrogens with one attached hydrogen (secondary N) is 1. The van der Waals surface area contributed by atoms with Gasteiger partial charge in [-0.1, -0.05) is 36.7 Å². The van der Waals surface area contributed by atoms with E-state index in [1.54, 1.807) is 22.8 Å². The lowest BCUT2D eigenvalue weighted by atomic mass is 10.2. The van der Waals surface area contributed by atoms with E-state index in [0.29, 0.717) is 44.8 Å². The molecule has 5 rings (SSSR count). The summed E-state index contributed by atoms with van der Waals surface area (Å²) in [6, 6.07) is 5.00. The van der Waals surface area contributed by atoms with E-state index in [1.165, 1.54) is 6.33 Å². The molecule has 1 atom stereocenters. The Kier molecular flexibility index (Phi) is 5.24.